The van der Waals surface area contributed by atoms with E-state index in [4.69, 9.17) is 5.11 Å². The van der Waals surface area contributed by atoms with Crippen LogP contribution in [0.1, 0.15) is 27.0 Å². The molecule has 2 aromatic rings. The smallest absolute Gasteiger partial charge is 0.416 e. The first-order valence-electron chi connectivity index (χ1n) is 6.60. The van der Waals surface area contributed by atoms with Crippen LogP contribution in [0.4, 0.5) is 26.3 Å². The molecule has 0 aliphatic carbocycles. The van der Waals surface area contributed by atoms with Gasteiger partial charge in [0.15, 0.2) is 0 Å². The first-order valence-corrected chi connectivity index (χ1v) is 6.60. The number of carboxylic acid groups (broad SMARTS) is 1. The van der Waals surface area contributed by atoms with Gasteiger partial charge in [0.25, 0.3) is 5.56 Å². The Hall–Kier alpha value is -2.78. The number of pyridine rings is 1. The van der Waals surface area contributed by atoms with Crippen molar-refractivity contribution in [3.05, 3.63) is 69.1 Å². The number of carboxylic acids is 1. The Balaban J connectivity index is 2.55. The lowest BCUT2D eigenvalue weighted by molar-refractivity contribution is -0.143. The molecule has 10 heteroatoms. The summed E-state index contributed by atoms with van der Waals surface area (Å²) in [5.74, 6) is -1.56. The highest BCUT2D eigenvalue weighted by molar-refractivity contribution is 5.86. The molecule has 0 radical (unpaired) electrons. The lowest BCUT2D eigenvalue weighted by atomic mass is 10.0. The molecule has 0 aliphatic heterocycles. The Labute approximate surface area is 135 Å². The molecule has 0 saturated heterocycles. The van der Waals surface area contributed by atoms with Gasteiger partial charge in [-0.25, -0.2) is 4.79 Å². The molecule has 1 heterocycles. The highest BCUT2D eigenvalue weighted by atomic mass is 19.4. The number of carbonyl (C=O) groups is 1. The minimum atomic E-state index is -5.01. The summed E-state index contributed by atoms with van der Waals surface area (Å²) in [6, 6.07) is 3.07. The topological polar surface area (TPSA) is 59.3 Å². The SMILES string of the molecule is O=C(O)c1cccn(Cc2cc(C(F)(F)F)cc(C(F)(F)F)c2)c1=O. The summed E-state index contributed by atoms with van der Waals surface area (Å²) in [5, 5.41) is 8.85. The molecule has 25 heavy (non-hydrogen) atoms. The summed E-state index contributed by atoms with van der Waals surface area (Å²) in [7, 11) is 0. The van der Waals surface area contributed by atoms with E-state index in [1.54, 1.807) is 0 Å². The monoisotopic (exact) mass is 365 g/mol. The number of benzene rings is 1. The van der Waals surface area contributed by atoms with Crippen LogP contribution in [0.5, 0.6) is 0 Å². The summed E-state index contributed by atoms with van der Waals surface area (Å²) in [6.07, 6.45) is -8.95. The van der Waals surface area contributed by atoms with Gasteiger partial charge in [-0.1, -0.05) is 0 Å². The molecule has 2 rings (SSSR count). The molecular formula is C15H9F6NO3. The largest absolute Gasteiger partial charge is 0.477 e. The highest BCUT2D eigenvalue weighted by Gasteiger charge is 2.36. The number of alkyl halides is 6. The van der Waals surface area contributed by atoms with E-state index in [-0.39, 0.29) is 6.07 Å². The van der Waals surface area contributed by atoms with E-state index in [0.717, 1.165) is 22.9 Å². The third-order valence-corrected chi connectivity index (χ3v) is 3.25. The number of halogens is 6. The van der Waals surface area contributed by atoms with Crippen molar-refractivity contribution in [1.82, 2.24) is 4.57 Å². The van der Waals surface area contributed by atoms with E-state index in [9.17, 15) is 35.9 Å². The van der Waals surface area contributed by atoms with E-state index >= 15 is 0 Å². The maximum Gasteiger partial charge on any atom is 0.416 e. The Bertz CT molecular complexity index is 835. The van der Waals surface area contributed by atoms with Gasteiger partial charge in [-0.15, -0.1) is 0 Å². The fourth-order valence-electron chi connectivity index (χ4n) is 2.13. The van der Waals surface area contributed by atoms with Gasteiger partial charge in [0.1, 0.15) is 5.56 Å². The Morgan fingerprint density at radius 1 is 1.00 bits per heavy atom. The van der Waals surface area contributed by atoms with Crippen LogP contribution in [0.25, 0.3) is 0 Å². The molecule has 0 aliphatic rings. The van der Waals surface area contributed by atoms with E-state index in [1.807, 2.05) is 0 Å². The van der Waals surface area contributed by atoms with Gasteiger partial charge in [0, 0.05) is 6.20 Å². The molecule has 0 bridgehead atoms. The second kappa shape index (κ2) is 6.26. The number of aromatic carboxylic acids is 1. The standard InChI is InChI=1S/C15H9F6NO3/c16-14(17,18)9-4-8(5-10(6-9)15(19,20)21)7-22-3-1-2-11(12(22)23)13(24)25/h1-6H,7H2,(H,24,25). The molecular weight excluding hydrogens is 356 g/mol. The molecule has 0 spiro atoms. The van der Waals surface area contributed by atoms with Crippen LogP contribution in [0.3, 0.4) is 0 Å². The first kappa shape index (κ1) is 18.6. The molecule has 0 atom stereocenters. The van der Waals surface area contributed by atoms with E-state index in [2.05, 4.69) is 0 Å². The van der Waals surface area contributed by atoms with Gasteiger partial charge < -0.3 is 9.67 Å². The minimum absolute atomic E-state index is 0.0278. The number of nitrogens with zero attached hydrogens (tertiary/aromatic N) is 1. The first-order chi connectivity index (χ1) is 11.4. The number of rotatable bonds is 3. The Morgan fingerprint density at radius 2 is 1.52 bits per heavy atom. The Morgan fingerprint density at radius 3 is 1.96 bits per heavy atom. The summed E-state index contributed by atoms with van der Waals surface area (Å²) < 4.78 is 77.6. The predicted molar refractivity (Wildman–Crippen MR) is 73.2 cm³/mol. The molecule has 0 fully saturated rings. The Kier molecular flexibility index (Phi) is 4.65. The third-order valence-electron chi connectivity index (χ3n) is 3.25. The van der Waals surface area contributed by atoms with Crippen LogP contribution in [-0.4, -0.2) is 15.6 Å². The number of hydrogen-bond donors (Lipinski definition) is 1. The van der Waals surface area contributed by atoms with Gasteiger partial charge in [0.05, 0.1) is 17.7 Å². The highest BCUT2D eigenvalue weighted by Crippen LogP contribution is 2.36. The van der Waals surface area contributed by atoms with Gasteiger partial charge in [-0.2, -0.15) is 26.3 Å². The molecule has 1 N–H and O–H groups in total. The van der Waals surface area contributed by atoms with Crippen LogP contribution in [0.15, 0.2) is 41.3 Å². The molecule has 1 aromatic heterocycles. The molecule has 1 aromatic carbocycles. The molecule has 0 saturated carbocycles. The van der Waals surface area contributed by atoms with Gasteiger partial charge in [-0.3, -0.25) is 4.79 Å². The van der Waals surface area contributed by atoms with Crippen molar-refractivity contribution in [2.75, 3.05) is 0 Å². The predicted octanol–water partition coefficient (Wildman–Crippen LogP) is 3.63. The summed E-state index contributed by atoms with van der Waals surface area (Å²) in [5.41, 5.74) is -5.15. The van der Waals surface area contributed by atoms with Crippen LogP contribution >= 0.6 is 0 Å². The summed E-state index contributed by atoms with van der Waals surface area (Å²) in [6.45, 7) is -0.646. The average Bonchev–Trinajstić information content (AvgIpc) is 2.47. The summed E-state index contributed by atoms with van der Waals surface area (Å²) in [4.78, 5) is 22.8. The van der Waals surface area contributed by atoms with Crippen molar-refractivity contribution >= 4 is 5.97 Å². The lowest BCUT2D eigenvalue weighted by Crippen LogP contribution is -2.26. The number of aromatic nitrogens is 1. The summed E-state index contributed by atoms with van der Waals surface area (Å²) >= 11 is 0. The fraction of sp³-hybridized carbons (Fsp3) is 0.200. The van der Waals surface area contributed by atoms with Gasteiger partial charge in [0.2, 0.25) is 0 Å². The van der Waals surface area contributed by atoms with Crippen LogP contribution in [-0.2, 0) is 18.9 Å². The molecule has 134 valence electrons. The van der Waals surface area contributed by atoms with Gasteiger partial charge in [-0.05, 0) is 35.9 Å². The van der Waals surface area contributed by atoms with Crippen LogP contribution < -0.4 is 5.56 Å². The van der Waals surface area contributed by atoms with Crippen LogP contribution in [0, 0.1) is 0 Å². The van der Waals surface area contributed by atoms with E-state index < -0.39 is 52.7 Å². The van der Waals surface area contributed by atoms with Gasteiger partial charge >= 0.3 is 18.3 Å². The maximum atomic E-state index is 12.8. The average molecular weight is 365 g/mol. The van der Waals surface area contributed by atoms with Crippen LogP contribution in [0.2, 0.25) is 0 Å². The van der Waals surface area contributed by atoms with E-state index in [0.29, 0.717) is 12.1 Å². The van der Waals surface area contributed by atoms with Crippen molar-refractivity contribution < 1.29 is 36.2 Å². The third kappa shape index (κ3) is 4.20. The zero-order chi connectivity index (χ0) is 19.0. The second-order valence-corrected chi connectivity index (χ2v) is 5.07. The molecule has 0 amide bonds. The van der Waals surface area contributed by atoms with Crippen molar-refractivity contribution in [2.45, 2.75) is 18.9 Å². The maximum absolute atomic E-state index is 12.8. The normalized spacial score (nSPS) is 12.2. The minimum Gasteiger partial charge on any atom is -0.477 e. The molecule has 0 unspecified atom stereocenters. The quantitative estimate of drug-likeness (QED) is 0.845. The van der Waals surface area contributed by atoms with Crippen molar-refractivity contribution in [1.29, 1.82) is 0 Å². The zero-order valence-corrected chi connectivity index (χ0v) is 12.1. The zero-order valence-electron chi connectivity index (χ0n) is 12.1. The lowest BCUT2D eigenvalue weighted by Gasteiger charge is -2.15. The fourth-order valence-corrected chi connectivity index (χ4v) is 2.13. The van der Waals surface area contributed by atoms with Crippen molar-refractivity contribution in [3.63, 3.8) is 0 Å². The van der Waals surface area contributed by atoms with Crippen molar-refractivity contribution in [3.8, 4) is 0 Å². The van der Waals surface area contributed by atoms with Crippen molar-refractivity contribution in [2.24, 2.45) is 0 Å². The van der Waals surface area contributed by atoms with E-state index in [1.165, 1.54) is 0 Å². The molecule has 4 nitrogen and oxygen atoms in total. The number of hydrogen-bond acceptors (Lipinski definition) is 2. The second-order valence-electron chi connectivity index (χ2n) is 5.07.